The molecule has 118 valence electrons. The Bertz CT molecular complexity index is 628. The molecule has 0 spiro atoms. The molecule has 1 aliphatic rings. The Kier molecular flexibility index (Phi) is 5.24. The summed E-state index contributed by atoms with van der Waals surface area (Å²) < 4.78 is 6.01. The van der Waals surface area contributed by atoms with Crippen molar-refractivity contribution in [2.45, 2.75) is 26.8 Å². The highest BCUT2D eigenvalue weighted by molar-refractivity contribution is 9.10. The zero-order valence-corrected chi connectivity index (χ0v) is 14.4. The van der Waals surface area contributed by atoms with Gasteiger partial charge in [0.2, 0.25) is 0 Å². The number of amides is 2. The summed E-state index contributed by atoms with van der Waals surface area (Å²) >= 11 is 3.48. The number of carbonyl (C=O) groups is 2. The molecule has 1 N–H and O–H groups in total. The molecule has 1 aliphatic heterocycles. The fraction of sp³-hybridized carbons (Fsp3) is 0.375. The summed E-state index contributed by atoms with van der Waals surface area (Å²) in [5, 5.41) is 2.89. The molecule has 2 rings (SSSR count). The van der Waals surface area contributed by atoms with Gasteiger partial charge >= 0.3 is 12.0 Å². The Hall–Kier alpha value is -1.82. The van der Waals surface area contributed by atoms with Crippen LogP contribution in [-0.4, -0.2) is 30.1 Å². The van der Waals surface area contributed by atoms with Crippen molar-refractivity contribution in [3.63, 3.8) is 0 Å². The van der Waals surface area contributed by atoms with Gasteiger partial charge in [-0.05, 0) is 32.4 Å². The van der Waals surface area contributed by atoms with E-state index in [1.54, 1.807) is 18.7 Å². The normalized spacial score (nSPS) is 18.3. The fourth-order valence-corrected chi connectivity index (χ4v) is 3.09. The third-order valence-corrected chi connectivity index (χ3v) is 4.35. The average molecular weight is 367 g/mol. The third kappa shape index (κ3) is 3.02. The second kappa shape index (κ2) is 6.96. The molecule has 0 bridgehead atoms. The predicted octanol–water partition coefficient (Wildman–Crippen LogP) is 3.37. The number of benzene rings is 1. The summed E-state index contributed by atoms with van der Waals surface area (Å²) in [5.74, 6) is -0.404. The van der Waals surface area contributed by atoms with Gasteiger partial charge in [-0.2, -0.15) is 0 Å². The highest BCUT2D eigenvalue weighted by Gasteiger charge is 2.36. The van der Waals surface area contributed by atoms with Crippen LogP contribution >= 0.6 is 15.9 Å². The first-order valence-corrected chi connectivity index (χ1v) is 8.00. The Morgan fingerprint density at radius 2 is 2.05 bits per heavy atom. The molecule has 0 saturated carbocycles. The molecular weight excluding hydrogens is 348 g/mol. The van der Waals surface area contributed by atoms with Crippen LogP contribution in [0.4, 0.5) is 4.79 Å². The quantitative estimate of drug-likeness (QED) is 0.831. The van der Waals surface area contributed by atoms with Crippen molar-refractivity contribution in [2.24, 2.45) is 0 Å². The smallest absolute Gasteiger partial charge is 0.338 e. The van der Waals surface area contributed by atoms with E-state index in [1.807, 2.05) is 31.2 Å². The van der Waals surface area contributed by atoms with E-state index in [1.165, 1.54) is 0 Å². The van der Waals surface area contributed by atoms with Gasteiger partial charge in [-0.15, -0.1) is 0 Å². The summed E-state index contributed by atoms with van der Waals surface area (Å²) in [7, 11) is 0. The monoisotopic (exact) mass is 366 g/mol. The van der Waals surface area contributed by atoms with E-state index in [0.717, 1.165) is 10.0 Å². The molecule has 1 atom stereocenters. The molecule has 0 fully saturated rings. The maximum absolute atomic E-state index is 12.4. The van der Waals surface area contributed by atoms with E-state index < -0.39 is 12.0 Å². The zero-order chi connectivity index (χ0) is 16.3. The first-order chi connectivity index (χ1) is 10.5. The van der Waals surface area contributed by atoms with Crippen molar-refractivity contribution in [2.75, 3.05) is 13.2 Å². The van der Waals surface area contributed by atoms with Gasteiger partial charge in [0.25, 0.3) is 0 Å². The molecule has 0 saturated heterocycles. The molecular formula is C16H19BrN2O3. The van der Waals surface area contributed by atoms with E-state index in [0.29, 0.717) is 24.4 Å². The third-order valence-electron chi connectivity index (χ3n) is 3.62. The van der Waals surface area contributed by atoms with Gasteiger partial charge in [0, 0.05) is 16.7 Å². The number of rotatable bonds is 4. The highest BCUT2D eigenvalue weighted by atomic mass is 79.9. The summed E-state index contributed by atoms with van der Waals surface area (Å²) in [4.78, 5) is 26.2. The summed E-state index contributed by atoms with van der Waals surface area (Å²) in [6, 6.07) is 6.78. The van der Waals surface area contributed by atoms with Crippen LogP contribution < -0.4 is 5.32 Å². The number of urea groups is 1. The van der Waals surface area contributed by atoms with Gasteiger partial charge in [0.15, 0.2) is 0 Å². The van der Waals surface area contributed by atoms with E-state index in [9.17, 15) is 9.59 Å². The minimum absolute atomic E-state index is 0.214. The van der Waals surface area contributed by atoms with Crippen molar-refractivity contribution in [3.8, 4) is 0 Å². The van der Waals surface area contributed by atoms with Gasteiger partial charge < -0.3 is 10.1 Å². The first kappa shape index (κ1) is 16.5. The summed E-state index contributed by atoms with van der Waals surface area (Å²) in [6.45, 7) is 6.19. The Morgan fingerprint density at radius 1 is 1.36 bits per heavy atom. The van der Waals surface area contributed by atoms with Crippen LogP contribution in [0.2, 0.25) is 0 Å². The van der Waals surface area contributed by atoms with Crippen molar-refractivity contribution in [1.29, 1.82) is 0 Å². The number of halogens is 1. The van der Waals surface area contributed by atoms with Crippen LogP contribution in [0.15, 0.2) is 40.0 Å². The summed E-state index contributed by atoms with van der Waals surface area (Å²) in [5.41, 5.74) is 1.93. The number of allylic oxidation sites excluding steroid dienone is 1. The number of esters is 1. The lowest BCUT2D eigenvalue weighted by atomic mass is 9.95. The Balaban J connectivity index is 2.56. The van der Waals surface area contributed by atoms with Crippen LogP contribution in [-0.2, 0) is 9.53 Å². The van der Waals surface area contributed by atoms with Crippen molar-refractivity contribution >= 4 is 27.9 Å². The second-order valence-electron chi connectivity index (χ2n) is 4.87. The Labute approximate surface area is 138 Å². The van der Waals surface area contributed by atoms with Crippen LogP contribution in [0.3, 0.4) is 0 Å². The molecule has 22 heavy (non-hydrogen) atoms. The molecule has 5 nitrogen and oxygen atoms in total. The van der Waals surface area contributed by atoms with Crippen molar-refractivity contribution in [3.05, 3.63) is 45.6 Å². The molecule has 1 heterocycles. The van der Waals surface area contributed by atoms with Crippen LogP contribution in [0.1, 0.15) is 32.4 Å². The van der Waals surface area contributed by atoms with Crippen LogP contribution in [0.5, 0.6) is 0 Å². The molecule has 6 heteroatoms. The van der Waals surface area contributed by atoms with Crippen molar-refractivity contribution < 1.29 is 14.3 Å². The maximum Gasteiger partial charge on any atom is 0.338 e. The van der Waals surface area contributed by atoms with Gasteiger partial charge in [-0.1, -0.05) is 34.1 Å². The number of nitrogens with zero attached hydrogens (tertiary/aromatic N) is 1. The van der Waals surface area contributed by atoms with E-state index >= 15 is 0 Å². The lowest BCUT2D eigenvalue weighted by molar-refractivity contribution is -0.139. The topological polar surface area (TPSA) is 58.6 Å². The molecule has 0 aliphatic carbocycles. The largest absolute Gasteiger partial charge is 0.463 e. The first-order valence-electron chi connectivity index (χ1n) is 7.21. The van der Waals surface area contributed by atoms with Crippen LogP contribution in [0, 0.1) is 0 Å². The van der Waals surface area contributed by atoms with Gasteiger partial charge in [-0.25, -0.2) is 9.59 Å². The van der Waals surface area contributed by atoms with Gasteiger partial charge in [0.05, 0.1) is 18.2 Å². The molecule has 0 aromatic heterocycles. The number of hydrogen-bond acceptors (Lipinski definition) is 3. The highest BCUT2D eigenvalue weighted by Crippen LogP contribution is 2.34. The maximum atomic E-state index is 12.4. The van der Waals surface area contributed by atoms with Gasteiger partial charge in [-0.3, -0.25) is 4.90 Å². The van der Waals surface area contributed by atoms with E-state index in [2.05, 4.69) is 21.2 Å². The lowest BCUT2D eigenvalue weighted by Crippen LogP contribution is -2.48. The molecule has 0 radical (unpaired) electrons. The molecule has 2 amide bonds. The van der Waals surface area contributed by atoms with E-state index in [4.69, 9.17) is 4.74 Å². The van der Waals surface area contributed by atoms with Gasteiger partial charge in [0.1, 0.15) is 0 Å². The van der Waals surface area contributed by atoms with Crippen molar-refractivity contribution in [1.82, 2.24) is 10.2 Å². The number of ether oxygens (including phenoxy) is 1. The fourth-order valence-electron chi connectivity index (χ4n) is 2.58. The lowest BCUT2D eigenvalue weighted by Gasteiger charge is -2.35. The van der Waals surface area contributed by atoms with E-state index in [-0.39, 0.29) is 6.03 Å². The zero-order valence-electron chi connectivity index (χ0n) is 12.9. The van der Waals surface area contributed by atoms with Crippen LogP contribution in [0.25, 0.3) is 0 Å². The standard InChI is InChI=1S/C16H19BrN2O3/c1-4-19-10(3)13(15(20)22-5-2)14(18-16(19)21)11-8-6-7-9-12(11)17/h6-9,14H,4-5H2,1-3H3,(H,18,21). The molecule has 1 aromatic rings. The number of nitrogens with one attached hydrogen (secondary N) is 1. The summed E-state index contributed by atoms with van der Waals surface area (Å²) in [6.07, 6.45) is 0. The minimum atomic E-state index is -0.523. The molecule has 1 unspecified atom stereocenters. The Morgan fingerprint density at radius 3 is 2.64 bits per heavy atom. The number of carbonyl (C=O) groups excluding carboxylic acids is 2. The minimum Gasteiger partial charge on any atom is -0.463 e. The SMILES string of the molecule is CCOC(=O)C1=C(C)N(CC)C(=O)NC1c1ccccc1Br. The second-order valence-corrected chi connectivity index (χ2v) is 5.72. The molecule has 1 aromatic carbocycles. The predicted molar refractivity (Wildman–Crippen MR) is 87.1 cm³/mol. The average Bonchev–Trinajstić information content (AvgIpc) is 2.47. The number of hydrogen-bond donors (Lipinski definition) is 1.